The van der Waals surface area contributed by atoms with Gasteiger partial charge in [-0.1, -0.05) is 17.7 Å². The summed E-state index contributed by atoms with van der Waals surface area (Å²) in [4.78, 5) is 20.9. The van der Waals surface area contributed by atoms with Crippen molar-refractivity contribution >= 4 is 34.2 Å². The molecule has 30 heavy (non-hydrogen) atoms. The second-order valence-electron chi connectivity index (χ2n) is 6.27. The first-order valence-corrected chi connectivity index (χ1v) is 9.25. The maximum atomic E-state index is 14.3. The normalized spacial score (nSPS) is 10.6. The van der Waals surface area contributed by atoms with Gasteiger partial charge in [-0.3, -0.25) is 4.79 Å². The standard InChI is InChI=1S/C22H15ClFN3O3/c1-29-21-12-25-18-8-6-16(11-19(18)27-21)30-20-10-15(5-7-17(20)24)26-22(28)13-3-2-4-14(23)9-13/h2-12H,1H3,(H,26,28). The molecule has 8 heteroatoms. The summed E-state index contributed by atoms with van der Waals surface area (Å²) in [6, 6.07) is 15.6. The molecular formula is C22H15ClFN3O3. The highest BCUT2D eigenvalue weighted by molar-refractivity contribution is 6.31. The fourth-order valence-corrected chi connectivity index (χ4v) is 2.95. The monoisotopic (exact) mass is 423 g/mol. The molecule has 4 rings (SSSR count). The van der Waals surface area contributed by atoms with E-state index in [1.54, 1.807) is 42.5 Å². The second-order valence-corrected chi connectivity index (χ2v) is 6.71. The van der Waals surface area contributed by atoms with Crippen molar-refractivity contribution in [1.29, 1.82) is 0 Å². The summed E-state index contributed by atoms with van der Waals surface area (Å²) in [7, 11) is 1.49. The Morgan fingerprint density at radius 3 is 2.73 bits per heavy atom. The number of benzene rings is 3. The third-order valence-electron chi connectivity index (χ3n) is 4.20. The third kappa shape index (κ3) is 4.31. The van der Waals surface area contributed by atoms with E-state index in [4.69, 9.17) is 21.1 Å². The molecule has 0 atom stereocenters. The average Bonchev–Trinajstić information content (AvgIpc) is 2.75. The highest BCUT2D eigenvalue weighted by Gasteiger charge is 2.11. The number of rotatable bonds is 5. The molecule has 0 aliphatic rings. The minimum atomic E-state index is -0.576. The van der Waals surface area contributed by atoms with E-state index in [1.807, 2.05) is 0 Å². The highest BCUT2D eigenvalue weighted by atomic mass is 35.5. The van der Waals surface area contributed by atoms with Gasteiger partial charge in [0.2, 0.25) is 5.88 Å². The van der Waals surface area contributed by atoms with Crippen molar-refractivity contribution in [3.8, 4) is 17.4 Å². The molecule has 0 unspecified atom stereocenters. The Labute approximate surface area is 176 Å². The molecule has 0 aliphatic heterocycles. The van der Waals surface area contributed by atoms with Crippen molar-refractivity contribution in [2.24, 2.45) is 0 Å². The zero-order valence-corrected chi connectivity index (χ0v) is 16.5. The average molecular weight is 424 g/mol. The summed E-state index contributed by atoms with van der Waals surface area (Å²) in [6.45, 7) is 0. The Morgan fingerprint density at radius 1 is 1.07 bits per heavy atom. The molecule has 0 saturated carbocycles. The van der Waals surface area contributed by atoms with Crippen LogP contribution in [0.2, 0.25) is 5.02 Å². The molecule has 1 heterocycles. The summed E-state index contributed by atoms with van der Waals surface area (Å²) in [5.41, 5.74) is 1.94. The van der Waals surface area contributed by atoms with Crippen LogP contribution >= 0.6 is 11.6 Å². The van der Waals surface area contributed by atoms with E-state index in [9.17, 15) is 9.18 Å². The number of ether oxygens (including phenoxy) is 2. The van der Waals surface area contributed by atoms with Crippen LogP contribution in [0.3, 0.4) is 0 Å². The number of anilines is 1. The van der Waals surface area contributed by atoms with Crippen molar-refractivity contribution in [3.05, 3.63) is 83.3 Å². The quantitative estimate of drug-likeness (QED) is 0.460. The van der Waals surface area contributed by atoms with E-state index in [0.29, 0.717) is 38.9 Å². The minimum absolute atomic E-state index is 0.0471. The number of nitrogens with one attached hydrogen (secondary N) is 1. The van der Waals surface area contributed by atoms with Crippen LogP contribution in [-0.4, -0.2) is 23.0 Å². The zero-order chi connectivity index (χ0) is 21.1. The molecule has 1 N–H and O–H groups in total. The van der Waals surface area contributed by atoms with E-state index in [1.165, 1.54) is 31.5 Å². The lowest BCUT2D eigenvalue weighted by Gasteiger charge is -2.11. The molecule has 1 amide bonds. The number of amides is 1. The van der Waals surface area contributed by atoms with Gasteiger partial charge in [0.15, 0.2) is 11.6 Å². The number of hydrogen-bond donors (Lipinski definition) is 1. The predicted molar refractivity (Wildman–Crippen MR) is 112 cm³/mol. The highest BCUT2D eigenvalue weighted by Crippen LogP contribution is 2.29. The van der Waals surface area contributed by atoms with Crippen LogP contribution in [0.5, 0.6) is 17.4 Å². The van der Waals surface area contributed by atoms with Gasteiger partial charge in [0.1, 0.15) is 5.75 Å². The minimum Gasteiger partial charge on any atom is -0.480 e. The predicted octanol–water partition coefficient (Wildman–Crippen LogP) is 5.48. The fraction of sp³-hybridized carbons (Fsp3) is 0.0455. The number of carbonyl (C=O) groups is 1. The zero-order valence-electron chi connectivity index (χ0n) is 15.7. The van der Waals surface area contributed by atoms with Gasteiger partial charge in [-0.15, -0.1) is 0 Å². The molecule has 0 saturated heterocycles. The number of fused-ring (bicyclic) bond motifs is 1. The van der Waals surface area contributed by atoms with Gasteiger partial charge in [-0.25, -0.2) is 14.4 Å². The Balaban J connectivity index is 1.57. The molecular weight excluding hydrogens is 409 g/mol. The fourth-order valence-electron chi connectivity index (χ4n) is 2.76. The maximum Gasteiger partial charge on any atom is 0.255 e. The second kappa shape index (κ2) is 8.34. The number of hydrogen-bond acceptors (Lipinski definition) is 5. The van der Waals surface area contributed by atoms with Crippen LogP contribution in [0.25, 0.3) is 11.0 Å². The number of methoxy groups -OCH3 is 1. The molecule has 150 valence electrons. The Hall–Kier alpha value is -3.71. The van der Waals surface area contributed by atoms with E-state index < -0.39 is 5.82 Å². The van der Waals surface area contributed by atoms with Gasteiger partial charge < -0.3 is 14.8 Å². The topological polar surface area (TPSA) is 73.3 Å². The molecule has 0 bridgehead atoms. The van der Waals surface area contributed by atoms with Crippen LogP contribution in [0.4, 0.5) is 10.1 Å². The first-order valence-electron chi connectivity index (χ1n) is 8.87. The van der Waals surface area contributed by atoms with E-state index in [2.05, 4.69) is 15.3 Å². The third-order valence-corrected chi connectivity index (χ3v) is 4.44. The van der Waals surface area contributed by atoms with Gasteiger partial charge in [-0.05, 0) is 42.5 Å². The SMILES string of the molecule is COc1cnc2ccc(Oc3cc(NC(=O)c4cccc(Cl)c4)ccc3F)cc2n1. The Bertz CT molecular complexity index is 1250. The van der Waals surface area contributed by atoms with Crippen molar-refractivity contribution in [1.82, 2.24) is 9.97 Å². The van der Waals surface area contributed by atoms with Gasteiger partial charge in [0.05, 0.1) is 24.3 Å². The molecule has 4 aromatic rings. The Kier molecular flexibility index (Phi) is 5.45. The molecule has 0 spiro atoms. The van der Waals surface area contributed by atoms with Crippen LogP contribution in [0, 0.1) is 5.82 Å². The van der Waals surface area contributed by atoms with Crippen LogP contribution < -0.4 is 14.8 Å². The van der Waals surface area contributed by atoms with Gasteiger partial charge in [-0.2, -0.15) is 0 Å². The van der Waals surface area contributed by atoms with E-state index in [-0.39, 0.29) is 11.7 Å². The van der Waals surface area contributed by atoms with E-state index in [0.717, 1.165) is 0 Å². The van der Waals surface area contributed by atoms with Crippen LogP contribution in [-0.2, 0) is 0 Å². The van der Waals surface area contributed by atoms with Gasteiger partial charge >= 0.3 is 0 Å². The molecule has 0 fully saturated rings. The summed E-state index contributed by atoms with van der Waals surface area (Å²) < 4.78 is 25.1. The molecule has 3 aromatic carbocycles. The number of carbonyl (C=O) groups excluding carboxylic acids is 1. The van der Waals surface area contributed by atoms with Crippen LogP contribution in [0.15, 0.2) is 66.9 Å². The van der Waals surface area contributed by atoms with Crippen molar-refractivity contribution in [2.75, 3.05) is 12.4 Å². The maximum absolute atomic E-state index is 14.3. The lowest BCUT2D eigenvalue weighted by Crippen LogP contribution is -2.11. The summed E-state index contributed by atoms with van der Waals surface area (Å²) >= 11 is 5.92. The van der Waals surface area contributed by atoms with Gasteiger partial charge in [0.25, 0.3) is 5.91 Å². The summed E-state index contributed by atoms with van der Waals surface area (Å²) in [5, 5.41) is 3.15. The number of halogens is 2. The van der Waals surface area contributed by atoms with Crippen molar-refractivity contribution in [2.45, 2.75) is 0 Å². The largest absolute Gasteiger partial charge is 0.480 e. The van der Waals surface area contributed by atoms with Crippen LogP contribution in [0.1, 0.15) is 10.4 Å². The molecule has 0 radical (unpaired) electrons. The smallest absolute Gasteiger partial charge is 0.255 e. The number of nitrogens with zero attached hydrogens (tertiary/aromatic N) is 2. The molecule has 0 aliphatic carbocycles. The van der Waals surface area contributed by atoms with Crippen molar-refractivity contribution in [3.63, 3.8) is 0 Å². The van der Waals surface area contributed by atoms with E-state index >= 15 is 0 Å². The van der Waals surface area contributed by atoms with Gasteiger partial charge in [0, 0.05) is 28.4 Å². The first-order chi connectivity index (χ1) is 14.5. The first kappa shape index (κ1) is 19.6. The Morgan fingerprint density at radius 2 is 1.93 bits per heavy atom. The summed E-state index contributed by atoms with van der Waals surface area (Å²) in [6.07, 6.45) is 1.51. The lowest BCUT2D eigenvalue weighted by molar-refractivity contribution is 0.102. The lowest BCUT2D eigenvalue weighted by atomic mass is 10.2. The van der Waals surface area contributed by atoms with Crippen molar-refractivity contribution < 1.29 is 18.7 Å². The molecule has 1 aromatic heterocycles. The summed E-state index contributed by atoms with van der Waals surface area (Å²) in [5.74, 6) is -0.274. The molecule has 6 nitrogen and oxygen atoms in total. The number of aromatic nitrogens is 2.